The number of hydrogen-bond acceptors (Lipinski definition) is 1. The number of hydrogen-bond donors (Lipinski definition) is 0. The third-order valence-electron chi connectivity index (χ3n) is 2.67. The lowest BCUT2D eigenvalue weighted by Crippen LogP contribution is -2.49. The fourth-order valence-electron chi connectivity index (χ4n) is 1.56. The number of rotatable bonds is 4. The molecule has 1 nitrogen and oxygen atoms in total. The molecule has 0 N–H and O–H groups in total. The molecule has 0 radical (unpaired) electrons. The summed E-state index contributed by atoms with van der Waals surface area (Å²) in [6.45, 7) is 6.34. The monoisotopic (exact) mass is 206 g/mol. The highest BCUT2D eigenvalue weighted by atomic mass is 28.3. The molecule has 0 bridgehead atoms. The molecule has 0 aliphatic rings. The summed E-state index contributed by atoms with van der Waals surface area (Å²) in [5.74, 6) is 0. The summed E-state index contributed by atoms with van der Waals surface area (Å²) in [5, 5.41) is 1.71. The van der Waals surface area contributed by atoms with E-state index >= 15 is 0 Å². The quantitative estimate of drug-likeness (QED) is 0.692. The van der Waals surface area contributed by atoms with Gasteiger partial charge in [-0.2, -0.15) is 0 Å². The van der Waals surface area contributed by atoms with Crippen LogP contribution in [0, 0.1) is 0 Å². The van der Waals surface area contributed by atoms with E-state index in [1.807, 2.05) is 18.2 Å². The van der Waals surface area contributed by atoms with Gasteiger partial charge < -0.3 is 4.79 Å². The largest absolute Gasteiger partial charge is 0.305 e. The van der Waals surface area contributed by atoms with Crippen LogP contribution in [0.25, 0.3) is 0 Å². The Balaban J connectivity index is 2.90. The molecule has 0 spiro atoms. The first-order valence-corrected chi connectivity index (χ1v) is 8.18. The van der Waals surface area contributed by atoms with Gasteiger partial charge in [-0.05, 0) is 6.42 Å². The van der Waals surface area contributed by atoms with E-state index in [2.05, 4.69) is 32.2 Å². The summed E-state index contributed by atoms with van der Waals surface area (Å²) in [5.41, 5.74) is 0. The van der Waals surface area contributed by atoms with Crippen molar-refractivity contribution in [2.24, 2.45) is 0 Å². The Kier molecular flexibility index (Phi) is 3.64. The Labute approximate surface area is 87.2 Å². The smallest absolute Gasteiger partial charge is 0.157 e. The highest BCUT2D eigenvalue weighted by Crippen LogP contribution is 2.08. The second-order valence-corrected chi connectivity index (χ2v) is 8.55. The van der Waals surface area contributed by atoms with Crippen molar-refractivity contribution in [2.45, 2.75) is 32.9 Å². The maximum atomic E-state index is 11.9. The van der Waals surface area contributed by atoms with E-state index in [1.165, 1.54) is 5.19 Å². The number of carbonyl (C=O) groups is 1. The molecule has 0 amide bonds. The summed E-state index contributed by atoms with van der Waals surface area (Å²) in [7, 11) is -1.84. The Hall–Kier alpha value is -0.893. The van der Waals surface area contributed by atoms with Crippen LogP contribution in [0.15, 0.2) is 30.3 Å². The van der Waals surface area contributed by atoms with Gasteiger partial charge in [0.2, 0.25) is 0 Å². The van der Waals surface area contributed by atoms with Crippen molar-refractivity contribution in [1.29, 1.82) is 0 Å². The minimum absolute atomic E-state index is 0.464. The predicted octanol–water partition coefficient (Wildman–Crippen LogP) is 2.51. The molecule has 76 valence electrons. The van der Waals surface area contributed by atoms with Crippen LogP contribution in [0.2, 0.25) is 13.1 Å². The fourth-order valence-corrected chi connectivity index (χ4v) is 3.78. The van der Waals surface area contributed by atoms with Gasteiger partial charge in [-0.3, -0.25) is 0 Å². The highest BCUT2D eigenvalue weighted by molar-refractivity contribution is 7.13. The van der Waals surface area contributed by atoms with Crippen molar-refractivity contribution >= 4 is 18.7 Å². The van der Waals surface area contributed by atoms with Gasteiger partial charge in [-0.15, -0.1) is 0 Å². The molecule has 0 unspecified atom stereocenters. The topological polar surface area (TPSA) is 17.1 Å². The lowest BCUT2D eigenvalue weighted by molar-refractivity contribution is -0.112. The molecule has 14 heavy (non-hydrogen) atoms. The Morgan fingerprint density at radius 2 is 1.79 bits per heavy atom. The molecule has 0 saturated carbocycles. The van der Waals surface area contributed by atoms with Gasteiger partial charge in [-0.1, -0.05) is 55.5 Å². The number of carbonyl (C=O) groups excluding carboxylic acids is 1. The van der Waals surface area contributed by atoms with Crippen LogP contribution in [0.1, 0.15) is 19.8 Å². The molecule has 1 aromatic rings. The van der Waals surface area contributed by atoms with Gasteiger partial charge >= 0.3 is 0 Å². The summed E-state index contributed by atoms with van der Waals surface area (Å²) < 4.78 is 0. The van der Waals surface area contributed by atoms with E-state index in [1.54, 1.807) is 0 Å². The Morgan fingerprint density at radius 1 is 1.21 bits per heavy atom. The van der Waals surface area contributed by atoms with Gasteiger partial charge in [0.15, 0.2) is 8.07 Å². The van der Waals surface area contributed by atoms with Crippen LogP contribution >= 0.6 is 0 Å². The second kappa shape index (κ2) is 4.56. The predicted molar refractivity (Wildman–Crippen MR) is 63.5 cm³/mol. The third kappa shape index (κ3) is 2.32. The molecule has 0 aliphatic carbocycles. The van der Waals surface area contributed by atoms with Gasteiger partial charge in [0.05, 0.1) is 0 Å². The summed E-state index contributed by atoms with van der Waals surface area (Å²) in [4.78, 5) is 11.9. The van der Waals surface area contributed by atoms with Gasteiger partial charge in [0.25, 0.3) is 0 Å². The first kappa shape index (κ1) is 11.2. The average Bonchev–Trinajstić information content (AvgIpc) is 2.19. The zero-order valence-electron chi connectivity index (χ0n) is 9.21. The van der Waals surface area contributed by atoms with E-state index in [0.717, 1.165) is 12.8 Å². The molecule has 0 heterocycles. The van der Waals surface area contributed by atoms with E-state index in [9.17, 15) is 4.79 Å². The highest BCUT2D eigenvalue weighted by Gasteiger charge is 2.31. The van der Waals surface area contributed by atoms with Gasteiger partial charge in [0, 0.05) is 6.42 Å². The van der Waals surface area contributed by atoms with Crippen LogP contribution in [0.4, 0.5) is 0 Å². The van der Waals surface area contributed by atoms with E-state index in [4.69, 9.17) is 0 Å². The molecule has 0 aliphatic heterocycles. The van der Waals surface area contributed by atoms with Crippen molar-refractivity contribution in [1.82, 2.24) is 0 Å². The molecular weight excluding hydrogens is 188 g/mol. The van der Waals surface area contributed by atoms with E-state index in [-0.39, 0.29) is 0 Å². The SMILES string of the molecule is CCCC(=O)[Si](C)(C)c1ccccc1. The maximum absolute atomic E-state index is 11.9. The normalized spacial score (nSPS) is 11.4. The molecule has 2 heteroatoms. The van der Waals surface area contributed by atoms with E-state index < -0.39 is 8.07 Å². The van der Waals surface area contributed by atoms with Crippen molar-refractivity contribution in [2.75, 3.05) is 0 Å². The fraction of sp³-hybridized carbons (Fsp3) is 0.417. The maximum Gasteiger partial charge on any atom is 0.157 e. The molecule has 1 aromatic carbocycles. The second-order valence-electron chi connectivity index (χ2n) is 4.16. The zero-order valence-corrected chi connectivity index (χ0v) is 10.2. The molecule has 0 saturated heterocycles. The van der Waals surface area contributed by atoms with Gasteiger partial charge in [-0.25, -0.2) is 0 Å². The van der Waals surface area contributed by atoms with Crippen LogP contribution in [-0.2, 0) is 4.79 Å². The van der Waals surface area contributed by atoms with Crippen LogP contribution in [0.3, 0.4) is 0 Å². The first-order valence-electron chi connectivity index (χ1n) is 5.18. The minimum Gasteiger partial charge on any atom is -0.305 e. The standard InChI is InChI=1S/C12H18OSi/c1-4-8-12(13)14(2,3)11-9-6-5-7-10-11/h5-7,9-10H,4,8H2,1-3H3. The van der Waals surface area contributed by atoms with E-state index in [0.29, 0.717) is 5.41 Å². The first-order chi connectivity index (χ1) is 6.59. The number of benzene rings is 1. The van der Waals surface area contributed by atoms with Crippen molar-refractivity contribution in [3.8, 4) is 0 Å². The molecule has 1 rings (SSSR count). The van der Waals surface area contributed by atoms with Crippen molar-refractivity contribution in [3.05, 3.63) is 30.3 Å². The van der Waals surface area contributed by atoms with Crippen LogP contribution in [0.5, 0.6) is 0 Å². The third-order valence-corrected chi connectivity index (χ3v) is 6.09. The summed E-state index contributed by atoms with van der Waals surface area (Å²) in [6.07, 6.45) is 1.69. The van der Waals surface area contributed by atoms with Crippen molar-refractivity contribution < 1.29 is 4.79 Å². The molecule has 0 aromatic heterocycles. The lowest BCUT2D eigenvalue weighted by atomic mass is 10.4. The summed E-state index contributed by atoms with van der Waals surface area (Å²) >= 11 is 0. The minimum atomic E-state index is -1.84. The molecule has 0 fully saturated rings. The van der Waals surface area contributed by atoms with Gasteiger partial charge in [0.1, 0.15) is 5.41 Å². The van der Waals surface area contributed by atoms with Crippen LogP contribution < -0.4 is 5.19 Å². The Bertz CT molecular complexity index is 303. The summed E-state index contributed by atoms with van der Waals surface area (Å²) in [6, 6.07) is 10.2. The molecule has 0 atom stereocenters. The average molecular weight is 206 g/mol. The van der Waals surface area contributed by atoms with Crippen LogP contribution in [-0.4, -0.2) is 13.5 Å². The lowest BCUT2D eigenvalue weighted by Gasteiger charge is -2.20. The molecular formula is C12H18OSi. The zero-order chi connectivity index (χ0) is 10.6. The van der Waals surface area contributed by atoms with Crippen molar-refractivity contribution in [3.63, 3.8) is 0 Å². The Morgan fingerprint density at radius 3 is 2.29 bits per heavy atom.